The molecule has 2 aliphatic heterocycles. The average molecular weight is 212 g/mol. The second-order valence-corrected chi connectivity index (χ2v) is 4.19. The number of rotatable bonds is 2. The Labute approximate surface area is 84.5 Å². The van der Waals surface area contributed by atoms with Gasteiger partial charge in [-0.1, -0.05) is 0 Å². The maximum Gasteiger partial charge on any atom is 0.330 e. The highest BCUT2D eigenvalue weighted by Crippen LogP contribution is 2.46. The highest BCUT2D eigenvalue weighted by atomic mass is 16.6. The SMILES string of the molecule is CC1(CC2(C)C(=O)OC2=O)C(=O)OC1=O. The lowest BCUT2D eigenvalue weighted by atomic mass is 9.69. The number of carbonyl (C=O) groups excluding carboxylic acids is 4. The summed E-state index contributed by atoms with van der Waals surface area (Å²) < 4.78 is 8.40. The van der Waals surface area contributed by atoms with E-state index in [4.69, 9.17) is 0 Å². The molecule has 0 aliphatic carbocycles. The molecule has 0 N–H and O–H groups in total. The minimum atomic E-state index is -1.39. The first-order valence-electron chi connectivity index (χ1n) is 4.34. The van der Waals surface area contributed by atoms with E-state index in [1.807, 2.05) is 0 Å². The number of cyclic esters (lactones) is 4. The van der Waals surface area contributed by atoms with Crippen molar-refractivity contribution in [1.29, 1.82) is 0 Å². The van der Waals surface area contributed by atoms with E-state index in [0.717, 1.165) is 0 Å². The molecule has 80 valence electrons. The smallest absolute Gasteiger partial charge is 0.330 e. The zero-order chi connectivity index (χ0) is 11.4. The van der Waals surface area contributed by atoms with Crippen LogP contribution in [0.5, 0.6) is 0 Å². The Kier molecular flexibility index (Phi) is 1.60. The second-order valence-electron chi connectivity index (χ2n) is 4.19. The Hall–Kier alpha value is -1.72. The van der Waals surface area contributed by atoms with Gasteiger partial charge in [0.05, 0.1) is 0 Å². The second kappa shape index (κ2) is 2.44. The first-order valence-corrected chi connectivity index (χ1v) is 4.34. The molecule has 2 heterocycles. The summed E-state index contributed by atoms with van der Waals surface area (Å²) in [5.41, 5.74) is -2.77. The van der Waals surface area contributed by atoms with E-state index in [9.17, 15) is 19.2 Å². The maximum atomic E-state index is 11.1. The Bertz CT molecular complexity index is 341. The first kappa shape index (κ1) is 9.82. The molecule has 0 aromatic carbocycles. The third-order valence-corrected chi connectivity index (χ3v) is 2.88. The molecule has 15 heavy (non-hydrogen) atoms. The van der Waals surface area contributed by atoms with Gasteiger partial charge in [0, 0.05) is 6.42 Å². The van der Waals surface area contributed by atoms with Crippen LogP contribution in [0, 0.1) is 10.8 Å². The van der Waals surface area contributed by atoms with Crippen LogP contribution >= 0.6 is 0 Å². The highest BCUT2D eigenvalue weighted by molar-refractivity contribution is 6.17. The van der Waals surface area contributed by atoms with Gasteiger partial charge in [-0.25, -0.2) is 0 Å². The van der Waals surface area contributed by atoms with E-state index in [1.54, 1.807) is 0 Å². The van der Waals surface area contributed by atoms with Gasteiger partial charge in [0.25, 0.3) is 0 Å². The lowest BCUT2D eigenvalue weighted by Crippen LogP contribution is -2.60. The summed E-state index contributed by atoms with van der Waals surface area (Å²) in [6.45, 7) is 2.70. The summed E-state index contributed by atoms with van der Waals surface area (Å²) in [6, 6.07) is 0. The number of esters is 4. The quantitative estimate of drug-likeness (QED) is 0.455. The minimum absolute atomic E-state index is 0.185. The van der Waals surface area contributed by atoms with Crippen LogP contribution in [0.15, 0.2) is 0 Å². The van der Waals surface area contributed by atoms with Crippen molar-refractivity contribution >= 4 is 23.9 Å². The van der Waals surface area contributed by atoms with Gasteiger partial charge in [-0.05, 0) is 13.8 Å². The van der Waals surface area contributed by atoms with Crippen molar-refractivity contribution in [2.24, 2.45) is 10.8 Å². The Balaban J connectivity index is 2.22. The van der Waals surface area contributed by atoms with Crippen LogP contribution in [0.25, 0.3) is 0 Å². The molecular formula is C9H8O6. The predicted octanol–water partition coefficient (Wildman–Crippen LogP) is -0.444. The number of ether oxygens (including phenoxy) is 2. The lowest BCUT2D eigenvalue weighted by molar-refractivity contribution is -0.208. The summed E-state index contributed by atoms with van der Waals surface area (Å²) >= 11 is 0. The molecule has 0 saturated carbocycles. The zero-order valence-electron chi connectivity index (χ0n) is 8.16. The van der Waals surface area contributed by atoms with Crippen LogP contribution in [-0.4, -0.2) is 23.9 Å². The van der Waals surface area contributed by atoms with Crippen molar-refractivity contribution in [3.05, 3.63) is 0 Å². The fourth-order valence-corrected chi connectivity index (χ4v) is 1.69. The van der Waals surface area contributed by atoms with Crippen LogP contribution < -0.4 is 0 Å². The van der Waals surface area contributed by atoms with E-state index in [1.165, 1.54) is 13.8 Å². The van der Waals surface area contributed by atoms with E-state index >= 15 is 0 Å². The van der Waals surface area contributed by atoms with Crippen molar-refractivity contribution in [2.75, 3.05) is 0 Å². The summed E-state index contributed by atoms with van der Waals surface area (Å²) in [6.07, 6.45) is -0.185. The fraction of sp³-hybridized carbons (Fsp3) is 0.556. The van der Waals surface area contributed by atoms with E-state index in [-0.39, 0.29) is 6.42 Å². The molecule has 0 amide bonds. The number of hydrogen-bond acceptors (Lipinski definition) is 6. The van der Waals surface area contributed by atoms with Gasteiger partial charge in [0.15, 0.2) is 10.8 Å². The summed E-state index contributed by atoms with van der Waals surface area (Å²) in [5.74, 6) is -2.83. The molecule has 0 atom stereocenters. The Morgan fingerprint density at radius 2 is 1.07 bits per heavy atom. The molecule has 2 fully saturated rings. The van der Waals surface area contributed by atoms with E-state index in [2.05, 4.69) is 9.47 Å². The summed E-state index contributed by atoms with van der Waals surface area (Å²) in [4.78, 5) is 44.3. The van der Waals surface area contributed by atoms with Crippen molar-refractivity contribution < 1.29 is 28.7 Å². The molecule has 2 saturated heterocycles. The van der Waals surface area contributed by atoms with Gasteiger partial charge in [0.2, 0.25) is 0 Å². The number of carbonyl (C=O) groups is 4. The highest BCUT2D eigenvalue weighted by Gasteiger charge is 2.65. The van der Waals surface area contributed by atoms with Crippen LogP contribution in [0.4, 0.5) is 0 Å². The van der Waals surface area contributed by atoms with Crippen LogP contribution in [-0.2, 0) is 28.7 Å². The molecule has 0 bridgehead atoms. The summed E-state index contributed by atoms with van der Waals surface area (Å²) in [7, 11) is 0. The van der Waals surface area contributed by atoms with Gasteiger partial charge < -0.3 is 9.47 Å². The van der Waals surface area contributed by atoms with Crippen molar-refractivity contribution in [3.63, 3.8) is 0 Å². The zero-order valence-corrected chi connectivity index (χ0v) is 8.16. The van der Waals surface area contributed by atoms with Gasteiger partial charge in [-0.3, -0.25) is 19.2 Å². The number of hydrogen-bond donors (Lipinski definition) is 0. The predicted molar refractivity (Wildman–Crippen MR) is 43.0 cm³/mol. The molecule has 2 aliphatic rings. The van der Waals surface area contributed by atoms with Crippen molar-refractivity contribution in [1.82, 2.24) is 0 Å². The summed E-state index contributed by atoms with van der Waals surface area (Å²) in [5, 5.41) is 0. The molecule has 0 radical (unpaired) electrons. The molecule has 2 rings (SSSR count). The molecule has 0 spiro atoms. The van der Waals surface area contributed by atoms with Gasteiger partial charge in [-0.2, -0.15) is 0 Å². The van der Waals surface area contributed by atoms with Crippen LogP contribution in [0.3, 0.4) is 0 Å². The Morgan fingerprint density at radius 1 is 0.800 bits per heavy atom. The van der Waals surface area contributed by atoms with Crippen LogP contribution in [0.1, 0.15) is 20.3 Å². The standard InChI is InChI=1S/C9H8O6/c1-8(4(10)14-5(8)11)3-9(2)6(12)15-7(9)13/h3H2,1-2H3. The monoisotopic (exact) mass is 212 g/mol. The molecule has 6 nitrogen and oxygen atoms in total. The maximum absolute atomic E-state index is 11.1. The lowest BCUT2D eigenvalue weighted by Gasteiger charge is -2.41. The molecular weight excluding hydrogens is 204 g/mol. The first-order chi connectivity index (χ1) is 6.80. The van der Waals surface area contributed by atoms with E-state index < -0.39 is 34.7 Å². The van der Waals surface area contributed by atoms with Crippen LogP contribution in [0.2, 0.25) is 0 Å². The largest absolute Gasteiger partial charge is 0.391 e. The van der Waals surface area contributed by atoms with E-state index in [0.29, 0.717) is 0 Å². The molecule has 6 heteroatoms. The fourth-order valence-electron chi connectivity index (χ4n) is 1.69. The third kappa shape index (κ3) is 0.986. The van der Waals surface area contributed by atoms with Gasteiger partial charge in [-0.15, -0.1) is 0 Å². The normalized spacial score (nSPS) is 26.3. The van der Waals surface area contributed by atoms with Crippen molar-refractivity contribution in [3.8, 4) is 0 Å². The molecule has 0 aromatic rings. The van der Waals surface area contributed by atoms with Gasteiger partial charge in [0.1, 0.15) is 0 Å². The van der Waals surface area contributed by atoms with Gasteiger partial charge >= 0.3 is 23.9 Å². The molecule has 0 aromatic heterocycles. The minimum Gasteiger partial charge on any atom is -0.391 e. The Morgan fingerprint density at radius 3 is 1.27 bits per heavy atom. The topological polar surface area (TPSA) is 86.7 Å². The molecule has 0 unspecified atom stereocenters. The van der Waals surface area contributed by atoms with Crippen molar-refractivity contribution in [2.45, 2.75) is 20.3 Å². The third-order valence-electron chi connectivity index (χ3n) is 2.88. The average Bonchev–Trinajstić information content (AvgIpc) is 2.18.